The second-order valence-electron chi connectivity index (χ2n) is 3.76. The molecule has 1 aromatic heterocycles. The summed E-state index contributed by atoms with van der Waals surface area (Å²) in [5.74, 6) is -0.938. The molecule has 0 fully saturated rings. The smallest absolute Gasteiger partial charge is 0.320 e. The van der Waals surface area contributed by atoms with E-state index < -0.39 is 23.6 Å². The van der Waals surface area contributed by atoms with E-state index in [9.17, 15) is 17.6 Å². The van der Waals surface area contributed by atoms with Gasteiger partial charge in [0.1, 0.15) is 5.82 Å². The normalized spacial score (nSPS) is 13.6. The molecule has 0 aliphatic rings. The fourth-order valence-corrected chi connectivity index (χ4v) is 2.34. The van der Waals surface area contributed by atoms with Gasteiger partial charge < -0.3 is 5.73 Å². The third-order valence-corrected chi connectivity index (χ3v) is 3.41. The zero-order valence-electron chi connectivity index (χ0n) is 9.04. The van der Waals surface area contributed by atoms with Crippen LogP contribution in [0.25, 0.3) is 0 Å². The topological polar surface area (TPSA) is 26.0 Å². The van der Waals surface area contributed by atoms with Crippen molar-refractivity contribution in [3.8, 4) is 0 Å². The summed E-state index contributed by atoms with van der Waals surface area (Å²) in [4.78, 5) is 0.689. The molecule has 1 atom stereocenters. The van der Waals surface area contributed by atoms with Gasteiger partial charge in [-0.05, 0) is 35.2 Å². The van der Waals surface area contributed by atoms with Crippen molar-refractivity contribution in [3.63, 3.8) is 0 Å². The minimum absolute atomic E-state index is 0.116. The maximum absolute atomic E-state index is 13.2. The van der Waals surface area contributed by atoms with Crippen LogP contribution in [0.15, 0.2) is 35.7 Å². The van der Waals surface area contributed by atoms with E-state index in [1.807, 2.05) is 0 Å². The Morgan fingerprint density at radius 3 is 2.44 bits per heavy atom. The van der Waals surface area contributed by atoms with Crippen molar-refractivity contribution < 1.29 is 17.6 Å². The molecule has 0 aliphatic heterocycles. The molecule has 0 unspecified atom stereocenters. The second kappa shape index (κ2) is 4.70. The summed E-state index contributed by atoms with van der Waals surface area (Å²) in [5, 5.41) is 1.76. The van der Waals surface area contributed by atoms with Crippen LogP contribution in [-0.4, -0.2) is 0 Å². The first-order chi connectivity index (χ1) is 8.38. The Hall–Kier alpha value is -1.40. The van der Waals surface area contributed by atoms with Gasteiger partial charge in [-0.1, -0.05) is 6.07 Å². The average Bonchev–Trinajstić information content (AvgIpc) is 2.79. The van der Waals surface area contributed by atoms with Gasteiger partial charge in [0.15, 0.2) is 0 Å². The molecule has 1 nitrogen and oxygen atoms in total. The van der Waals surface area contributed by atoms with Gasteiger partial charge >= 0.3 is 6.18 Å². The number of hydrogen-bond donors (Lipinski definition) is 1. The van der Waals surface area contributed by atoms with Gasteiger partial charge in [-0.2, -0.15) is 13.2 Å². The van der Waals surface area contributed by atoms with Crippen LogP contribution in [0.1, 0.15) is 22.0 Å². The highest BCUT2D eigenvalue weighted by Crippen LogP contribution is 2.33. The minimum Gasteiger partial charge on any atom is -0.320 e. The highest BCUT2D eigenvalue weighted by atomic mass is 32.1. The second-order valence-corrected chi connectivity index (χ2v) is 4.74. The molecule has 1 aromatic carbocycles. The first-order valence-corrected chi connectivity index (χ1v) is 5.92. The van der Waals surface area contributed by atoms with Gasteiger partial charge in [0.2, 0.25) is 0 Å². The van der Waals surface area contributed by atoms with E-state index in [0.717, 1.165) is 12.1 Å². The van der Waals surface area contributed by atoms with E-state index >= 15 is 0 Å². The molecule has 0 saturated carbocycles. The zero-order chi connectivity index (χ0) is 13.3. The molecule has 2 aromatic rings. The van der Waals surface area contributed by atoms with Gasteiger partial charge in [-0.15, -0.1) is 11.3 Å². The maximum Gasteiger partial charge on any atom is 0.416 e. The Balaban J connectivity index is 2.43. The van der Waals surface area contributed by atoms with E-state index in [4.69, 9.17) is 5.73 Å². The summed E-state index contributed by atoms with van der Waals surface area (Å²) in [5.41, 5.74) is 4.91. The number of halogens is 4. The molecular weight excluding hydrogens is 266 g/mol. The van der Waals surface area contributed by atoms with Crippen LogP contribution in [0.4, 0.5) is 17.6 Å². The summed E-state index contributed by atoms with van der Waals surface area (Å²) in [6, 6.07) is 5.07. The van der Waals surface area contributed by atoms with Crippen LogP contribution in [0.5, 0.6) is 0 Å². The van der Waals surface area contributed by atoms with E-state index in [-0.39, 0.29) is 5.56 Å². The predicted octanol–water partition coefficient (Wildman–Crippen LogP) is 3.95. The highest BCUT2D eigenvalue weighted by Gasteiger charge is 2.31. The van der Waals surface area contributed by atoms with E-state index in [0.29, 0.717) is 10.9 Å². The lowest BCUT2D eigenvalue weighted by Crippen LogP contribution is -2.13. The Labute approximate surface area is 105 Å². The largest absolute Gasteiger partial charge is 0.416 e. The van der Waals surface area contributed by atoms with Crippen molar-refractivity contribution in [1.82, 2.24) is 0 Å². The van der Waals surface area contributed by atoms with Crippen molar-refractivity contribution in [1.29, 1.82) is 0 Å². The number of nitrogens with two attached hydrogens (primary N) is 1. The molecule has 0 saturated heterocycles. The maximum atomic E-state index is 13.2. The Morgan fingerprint density at radius 1 is 1.17 bits per heavy atom. The van der Waals surface area contributed by atoms with E-state index in [1.165, 1.54) is 11.3 Å². The number of alkyl halides is 3. The highest BCUT2D eigenvalue weighted by molar-refractivity contribution is 7.10. The van der Waals surface area contributed by atoms with Gasteiger partial charge in [0.05, 0.1) is 11.6 Å². The SMILES string of the molecule is N[C@H](c1cc(F)cc(C(F)(F)F)c1)c1cccs1. The molecule has 2 N–H and O–H groups in total. The third kappa shape index (κ3) is 2.70. The molecule has 1 heterocycles. The van der Waals surface area contributed by atoms with E-state index in [1.54, 1.807) is 17.5 Å². The lowest BCUT2D eigenvalue weighted by Gasteiger charge is -2.13. The predicted molar refractivity (Wildman–Crippen MR) is 61.8 cm³/mol. The van der Waals surface area contributed by atoms with Crippen LogP contribution < -0.4 is 5.73 Å². The van der Waals surface area contributed by atoms with Crippen LogP contribution in [0.3, 0.4) is 0 Å². The van der Waals surface area contributed by atoms with Crippen LogP contribution in [-0.2, 0) is 6.18 Å². The van der Waals surface area contributed by atoms with Gasteiger partial charge in [0.25, 0.3) is 0 Å². The van der Waals surface area contributed by atoms with Crippen molar-refractivity contribution in [3.05, 3.63) is 57.5 Å². The monoisotopic (exact) mass is 275 g/mol. The Bertz CT molecular complexity index is 534. The van der Waals surface area contributed by atoms with Crippen molar-refractivity contribution >= 4 is 11.3 Å². The summed E-state index contributed by atoms with van der Waals surface area (Å²) < 4.78 is 50.9. The molecule has 96 valence electrons. The number of hydrogen-bond acceptors (Lipinski definition) is 2. The number of benzene rings is 1. The van der Waals surface area contributed by atoms with Gasteiger partial charge in [-0.3, -0.25) is 0 Å². The number of rotatable bonds is 2. The quantitative estimate of drug-likeness (QED) is 0.825. The van der Waals surface area contributed by atoms with Crippen molar-refractivity contribution in [2.24, 2.45) is 5.73 Å². The average molecular weight is 275 g/mol. The van der Waals surface area contributed by atoms with Crippen LogP contribution in [0, 0.1) is 5.82 Å². The van der Waals surface area contributed by atoms with Crippen LogP contribution >= 0.6 is 11.3 Å². The molecule has 0 bridgehead atoms. The molecule has 6 heteroatoms. The molecular formula is C12H9F4NS. The fraction of sp³-hybridized carbons (Fsp3) is 0.167. The minimum atomic E-state index is -4.58. The molecule has 0 aliphatic carbocycles. The van der Waals surface area contributed by atoms with Gasteiger partial charge in [-0.25, -0.2) is 4.39 Å². The summed E-state index contributed by atoms with van der Waals surface area (Å²) in [6.07, 6.45) is -4.58. The van der Waals surface area contributed by atoms with E-state index in [2.05, 4.69) is 0 Å². The van der Waals surface area contributed by atoms with Crippen LogP contribution in [0.2, 0.25) is 0 Å². The van der Waals surface area contributed by atoms with Crippen molar-refractivity contribution in [2.45, 2.75) is 12.2 Å². The number of thiophene rings is 1. The summed E-state index contributed by atoms with van der Waals surface area (Å²) in [6.45, 7) is 0. The Morgan fingerprint density at radius 2 is 1.89 bits per heavy atom. The molecule has 0 radical (unpaired) electrons. The third-order valence-electron chi connectivity index (χ3n) is 2.46. The molecule has 2 rings (SSSR count). The summed E-state index contributed by atoms with van der Waals surface area (Å²) >= 11 is 1.32. The fourth-order valence-electron chi connectivity index (χ4n) is 1.59. The lowest BCUT2D eigenvalue weighted by atomic mass is 10.0. The molecule has 0 amide bonds. The van der Waals surface area contributed by atoms with Crippen molar-refractivity contribution in [2.75, 3.05) is 0 Å². The lowest BCUT2D eigenvalue weighted by molar-refractivity contribution is -0.137. The first-order valence-electron chi connectivity index (χ1n) is 5.04. The standard InChI is InChI=1S/C12H9F4NS/c13-9-5-7(4-8(6-9)12(14,15)16)11(17)10-2-1-3-18-10/h1-6,11H,17H2/t11-/m1/s1. The zero-order valence-corrected chi connectivity index (χ0v) is 9.86. The molecule has 18 heavy (non-hydrogen) atoms. The van der Waals surface area contributed by atoms with Gasteiger partial charge in [0, 0.05) is 4.88 Å². The first kappa shape index (κ1) is 13.0. The Kier molecular flexibility index (Phi) is 3.41. The summed E-state index contributed by atoms with van der Waals surface area (Å²) in [7, 11) is 0. The molecule has 0 spiro atoms.